The number of hydrogen-bond donors (Lipinski definition) is 2. The van der Waals surface area contributed by atoms with Crippen LogP contribution in [0.25, 0.3) is 0 Å². The Balaban J connectivity index is 2.04. The van der Waals surface area contributed by atoms with Gasteiger partial charge in [-0.2, -0.15) is 11.3 Å². The molecule has 0 spiro atoms. The van der Waals surface area contributed by atoms with Crippen LogP contribution in [0.1, 0.15) is 21.5 Å². The molecule has 6 heteroatoms. The maximum Gasteiger partial charge on any atom is 0.253 e. The van der Waals surface area contributed by atoms with E-state index in [1.165, 1.54) is 17.8 Å². The SMILES string of the molecule is Cc1cscc1CNC(=O)c1cnc(N)c(Cl)c1. The monoisotopic (exact) mass is 281 g/mol. The lowest BCUT2D eigenvalue weighted by Crippen LogP contribution is -2.23. The summed E-state index contributed by atoms with van der Waals surface area (Å²) in [5, 5.41) is 7.17. The molecule has 0 aliphatic rings. The molecule has 0 aliphatic heterocycles. The number of nitrogen functional groups attached to an aromatic ring is 1. The van der Waals surface area contributed by atoms with E-state index in [2.05, 4.69) is 10.3 Å². The van der Waals surface area contributed by atoms with Gasteiger partial charge in [0.1, 0.15) is 5.82 Å². The van der Waals surface area contributed by atoms with Crippen LogP contribution in [0.5, 0.6) is 0 Å². The third-order valence-electron chi connectivity index (χ3n) is 2.53. The number of pyridine rings is 1. The average Bonchev–Trinajstić information content (AvgIpc) is 2.75. The highest BCUT2D eigenvalue weighted by Crippen LogP contribution is 2.17. The summed E-state index contributed by atoms with van der Waals surface area (Å²) in [5.74, 6) is 0.0110. The molecule has 18 heavy (non-hydrogen) atoms. The van der Waals surface area contributed by atoms with Gasteiger partial charge in [0.2, 0.25) is 0 Å². The fourth-order valence-corrected chi connectivity index (χ4v) is 2.44. The summed E-state index contributed by atoms with van der Waals surface area (Å²) in [4.78, 5) is 15.7. The van der Waals surface area contributed by atoms with Crippen molar-refractivity contribution in [2.24, 2.45) is 0 Å². The third-order valence-corrected chi connectivity index (χ3v) is 3.75. The highest BCUT2D eigenvalue weighted by atomic mass is 35.5. The molecule has 0 unspecified atom stereocenters. The Labute approximate surface area is 114 Å². The molecular formula is C12H12ClN3OS. The Morgan fingerprint density at radius 2 is 2.33 bits per heavy atom. The van der Waals surface area contributed by atoms with Crippen LogP contribution in [0, 0.1) is 6.92 Å². The minimum absolute atomic E-state index is 0.213. The molecule has 2 aromatic rings. The third kappa shape index (κ3) is 2.80. The zero-order valence-corrected chi connectivity index (χ0v) is 11.3. The quantitative estimate of drug-likeness (QED) is 0.909. The zero-order chi connectivity index (χ0) is 13.1. The second-order valence-electron chi connectivity index (χ2n) is 3.85. The first-order chi connectivity index (χ1) is 8.58. The summed E-state index contributed by atoms with van der Waals surface area (Å²) in [7, 11) is 0. The van der Waals surface area contributed by atoms with Crippen molar-refractivity contribution < 1.29 is 4.79 Å². The van der Waals surface area contributed by atoms with Gasteiger partial charge in [-0.3, -0.25) is 4.79 Å². The highest BCUT2D eigenvalue weighted by molar-refractivity contribution is 7.08. The minimum atomic E-state index is -0.213. The smallest absolute Gasteiger partial charge is 0.253 e. The summed E-state index contributed by atoms with van der Waals surface area (Å²) in [6.45, 7) is 2.51. The largest absolute Gasteiger partial charge is 0.382 e. The van der Waals surface area contributed by atoms with Crippen LogP contribution in [0.4, 0.5) is 5.82 Å². The van der Waals surface area contributed by atoms with Crippen molar-refractivity contribution in [3.8, 4) is 0 Å². The molecule has 0 radical (unpaired) electrons. The van der Waals surface area contributed by atoms with Crippen molar-refractivity contribution >= 4 is 34.7 Å². The van der Waals surface area contributed by atoms with E-state index in [1.807, 2.05) is 17.7 Å². The van der Waals surface area contributed by atoms with E-state index in [9.17, 15) is 4.79 Å². The van der Waals surface area contributed by atoms with Crippen molar-refractivity contribution in [2.75, 3.05) is 5.73 Å². The first-order valence-corrected chi connectivity index (χ1v) is 6.61. The predicted molar refractivity (Wildman–Crippen MR) is 73.9 cm³/mol. The van der Waals surface area contributed by atoms with Crippen LogP contribution in [0.2, 0.25) is 5.02 Å². The summed E-state index contributed by atoms with van der Waals surface area (Å²) in [6, 6.07) is 1.51. The van der Waals surface area contributed by atoms with Gasteiger partial charge in [0.05, 0.1) is 10.6 Å². The van der Waals surface area contributed by atoms with E-state index in [0.717, 1.165) is 5.56 Å². The van der Waals surface area contributed by atoms with E-state index in [0.29, 0.717) is 12.1 Å². The standard InChI is InChI=1S/C12H12ClN3OS/c1-7-5-18-6-9(7)4-16-12(17)8-2-10(13)11(14)15-3-8/h2-3,5-6H,4H2,1H3,(H2,14,15)(H,16,17). The number of carbonyl (C=O) groups is 1. The number of halogens is 1. The Hall–Kier alpha value is -1.59. The number of rotatable bonds is 3. The number of nitrogens with zero attached hydrogens (tertiary/aromatic N) is 1. The summed E-state index contributed by atoms with van der Waals surface area (Å²) < 4.78 is 0. The van der Waals surface area contributed by atoms with Crippen molar-refractivity contribution in [3.05, 3.63) is 44.7 Å². The van der Waals surface area contributed by atoms with Gasteiger partial charge in [0.25, 0.3) is 5.91 Å². The molecule has 1 amide bonds. The van der Waals surface area contributed by atoms with Crippen LogP contribution in [-0.4, -0.2) is 10.9 Å². The van der Waals surface area contributed by atoms with Gasteiger partial charge in [-0.1, -0.05) is 11.6 Å². The van der Waals surface area contributed by atoms with Gasteiger partial charge in [-0.15, -0.1) is 0 Å². The Bertz CT molecular complexity index is 582. The van der Waals surface area contributed by atoms with Crippen molar-refractivity contribution in [3.63, 3.8) is 0 Å². The second kappa shape index (κ2) is 5.37. The van der Waals surface area contributed by atoms with Crippen LogP contribution in [-0.2, 0) is 6.54 Å². The molecule has 0 saturated carbocycles. The summed E-state index contributed by atoms with van der Waals surface area (Å²) in [5.41, 5.74) is 8.18. The fourth-order valence-electron chi connectivity index (χ4n) is 1.42. The first kappa shape index (κ1) is 12.9. The van der Waals surface area contributed by atoms with Crippen molar-refractivity contribution in [2.45, 2.75) is 13.5 Å². The van der Waals surface area contributed by atoms with Gasteiger partial charge < -0.3 is 11.1 Å². The highest BCUT2D eigenvalue weighted by Gasteiger charge is 2.09. The summed E-state index contributed by atoms with van der Waals surface area (Å²) >= 11 is 7.43. The number of anilines is 1. The molecule has 0 aliphatic carbocycles. The molecular weight excluding hydrogens is 270 g/mol. The average molecular weight is 282 g/mol. The Morgan fingerprint density at radius 3 is 2.94 bits per heavy atom. The Kier molecular flexibility index (Phi) is 3.84. The molecule has 0 saturated heterocycles. The lowest BCUT2D eigenvalue weighted by molar-refractivity contribution is 0.0950. The van der Waals surface area contributed by atoms with Gasteiger partial charge in [0.15, 0.2) is 0 Å². The van der Waals surface area contributed by atoms with Crippen LogP contribution >= 0.6 is 22.9 Å². The fraction of sp³-hybridized carbons (Fsp3) is 0.167. The van der Waals surface area contributed by atoms with Crippen LogP contribution in [0.3, 0.4) is 0 Å². The van der Waals surface area contributed by atoms with Gasteiger partial charge in [-0.05, 0) is 34.9 Å². The number of nitrogens with two attached hydrogens (primary N) is 1. The zero-order valence-electron chi connectivity index (χ0n) is 9.74. The second-order valence-corrected chi connectivity index (χ2v) is 5.00. The first-order valence-electron chi connectivity index (χ1n) is 5.29. The predicted octanol–water partition coefficient (Wildman–Crippen LogP) is 2.62. The van der Waals surface area contributed by atoms with Gasteiger partial charge >= 0.3 is 0 Å². The maximum atomic E-state index is 11.9. The molecule has 4 nitrogen and oxygen atoms in total. The minimum Gasteiger partial charge on any atom is -0.382 e. The van der Waals surface area contributed by atoms with E-state index < -0.39 is 0 Å². The summed E-state index contributed by atoms with van der Waals surface area (Å²) in [6.07, 6.45) is 1.41. The van der Waals surface area contributed by atoms with Crippen molar-refractivity contribution in [1.29, 1.82) is 0 Å². The molecule has 2 rings (SSSR count). The molecule has 3 N–H and O–H groups in total. The molecule has 0 fully saturated rings. The molecule has 2 aromatic heterocycles. The number of nitrogens with one attached hydrogen (secondary N) is 1. The van der Waals surface area contributed by atoms with Crippen LogP contribution in [0.15, 0.2) is 23.0 Å². The number of hydrogen-bond acceptors (Lipinski definition) is 4. The van der Waals surface area contributed by atoms with E-state index >= 15 is 0 Å². The van der Waals surface area contributed by atoms with Crippen molar-refractivity contribution in [1.82, 2.24) is 10.3 Å². The number of aromatic nitrogens is 1. The number of carbonyl (C=O) groups excluding carboxylic acids is 1. The maximum absolute atomic E-state index is 11.9. The molecule has 94 valence electrons. The van der Waals surface area contributed by atoms with E-state index in [4.69, 9.17) is 17.3 Å². The Morgan fingerprint density at radius 1 is 1.56 bits per heavy atom. The van der Waals surface area contributed by atoms with Gasteiger partial charge in [-0.25, -0.2) is 4.98 Å². The molecule has 0 aromatic carbocycles. The van der Waals surface area contributed by atoms with Crippen LogP contribution < -0.4 is 11.1 Å². The van der Waals surface area contributed by atoms with E-state index in [-0.39, 0.29) is 16.7 Å². The number of aryl methyl sites for hydroxylation is 1. The topological polar surface area (TPSA) is 68.0 Å². The number of thiophene rings is 1. The van der Waals surface area contributed by atoms with E-state index in [1.54, 1.807) is 11.3 Å². The number of amides is 1. The molecule has 2 heterocycles. The van der Waals surface area contributed by atoms with Gasteiger partial charge in [0, 0.05) is 12.7 Å². The normalized spacial score (nSPS) is 10.3. The lowest BCUT2D eigenvalue weighted by Gasteiger charge is -2.05. The lowest BCUT2D eigenvalue weighted by atomic mass is 10.2. The molecule has 0 atom stereocenters. The molecule has 0 bridgehead atoms.